The van der Waals surface area contributed by atoms with Gasteiger partial charge in [0.05, 0.1) is 0 Å². The molecule has 0 amide bonds. The van der Waals surface area contributed by atoms with E-state index in [1.54, 1.807) is 21.0 Å². The lowest BCUT2D eigenvalue weighted by molar-refractivity contribution is -0.141. The summed E-state index contributed by atoms with van der Waals surface area (Å²) in [6, 6.07) is 0.347. The van der Waals surface area contributed by atoms with Gasteiger partial charge in [0.25, 0.3) is 0 Å². The van der Waals surface area contributed by atoms with Crippen LogP contribution in [0.2, 0.25) is 0 Å². The van der Waals surface area contributed by atoms with Crippen molar-refractivity contribution in [1.82, 2.24) is 20.1 Å². The van der Waals surface area contributed by atoms with Gasteiger partial charge in [-0.1, -0.05) is 19.0 Å². The number of alkyl halides is 3. The highest BCUT2D eigenvalue weighted by Crippen LogP contribution is 2.31. The molecule has 0 aliphatic carbocycles. The van der Waals surface area contributed by atoms with Crippen LogP contribution in [0.15, 0.2) is 10.6 Å². The van der Waals surface area contributed by atoms with Gasteiger partial charge in [0.2, 0.25) is 11.8 Å². The van der Waals surface area contributed by atoms with Crippen molar-refractivity contribution in [3.8, 4) is 0 Å². The van der Waals surface area contributed by atoms with Gasteiger partial charge in [0.1, 0.15) is 11.9 Å². The molecule has 24 heavy (non-hydrogen) atoms. The van der Waals surface area contributed by atoms with Gasteiger partial charge in [-0.25, -0.2) is 4.98 Å². The normalized spacial score (nSPS) is 13.2. The Kier molecular flexibility index (Phi) is 4.95. The second-order valence-corrected chi connectivity index (χ2v) is 5.84. The second-order valence-electron chi connectivity index (χ2n) is 5.84. The predicted molar refractivity (Wildman–Crippen MR) is 81.8 cm³/mol. The summed E-state index contributed by atoms with van der Waals surface area (Å²) in [7, 11) is 3.13. The number of halogens is 3. The van der Waals surface area contributed by atoms with Crippen LogP contribution in [0.1, 0.15) is 50.1 Å². The molecule has 0 aliphatic heterocycles. The third-order valence-electron chi connectivity index (χ3n) is 3.11. The van der Waals surface area contributed by atoms with Crippen molar-refractivity contribution in [2.45, 2.75) is 38.9 Å². The van der Waals surface area contributed by atoms with Gasteiger partial charge in [-0.05, 0) is 6.92 Å². The van der Waals surface area contributed by atoms with Crippen molar-refractivity contribution in [3.63, 3.8) is 0 Å². The molecule has 132 valence electrons. The molecule has 0 aliphatic rings. The Morgan fingerprint density at radius 3 is 2.29 bits per heavy atom. The SMILES string of the molecule is CC(C)c1noc(C(C)Nc2cc(C(F)(F)F)nc(N(C)C)n2)n1. The first-order chi connectivity index (χ1) is 11.1. The average molecular weight is 344 g/mol. The molecule has 0 saturated heterocycles. The van der Waals surface area contributed by atoms with E-state index in [9.17, 15) is 13.2 Å². The van der Waals surface area contributed by atoms with Gasteiger partial charge in [0.15, 0.2) is 11.5 Å². The molecule has 2 heterocycles. The molecule has 10 heteroatoms. The fourth-order valence-corrected chi connectivity index (χ4v) is 1.79. The van der Waals surface area contributed by atoms with Gasteiger partial charge in [-0.3, -0.25) is 0 Å². The molecule has 1 unspecified atom stereocenters. The highest BCUT2D eigenvalue weighted by atomic mass is 19.4. The molecule has 0 aromatic carbocycles. The number of anilines is 2. The van der Waals surface area contributed by atoms with Crippen molar-refractivity contribution >= 4 is 11.8 Å². The van der Waals surface area contributed by atoms with E-state index >= 15 is 0 Å². The zero-order chi connectivity index (χ0) is 18.1. The fraction of sp³-hybridized carbons (Fsp3) is 0.571. The van der Waals surface area contributed by atoms with Crippen LogP contribution < -0.4 is 10.2 Å². The summed E-state index contributed by atoms with van der Waals surface area (Å²) in [5.41, 5.74) is -1.02. The standard InChI is InChI=1S/C14H19F3N6O/c1-7(2)11-21-12(24-22-11)8(3)18-10-6-9(14(15,16)17)19-13(20-10)23(4)5/h6-8H,1-5H3,(H,18,19,20). The number of hydrogen-bond donors (Lipinski definition) is 1. The minimum Gasteiger partial charge on any atom is -0.358 e. The summed E-state index contributed by atoms with van der Waals surface area (Å²) >= 11 is 0. The van der Waals surface area contributed by atoms with Crippen LogP contribution in [0.25, 0.3) is 0 Å². The van der Waals surface area contributed by atoms with Crippen LogP contribution >= 0.6 is 0 Å². The van der Waals surface area contributed by atoms with E-state index in [-0.39, 0.29) is 23.6 Å². The first kappa shape index (κ1) is 18.0. The summed E-state index contributed by atoms with van der Waals surface area (Å²) in [6.07, 6.45) is -4.57. The zero-order valence-corrected chi connectivity index (χ0v) is 14.0. The quantitative estimate of drug-likeness (QED) is 0.892. The van der Waals surface area contributed by atoms with Crippen molar-refractivity contribution in [2.75, 3.05) is 24.3 Å². The maximum Gasteiger partial charge on any atom is 0.433 e. The van der Waals surface area contributed by atoms with Gasteiger partial charge in [-0.2, -0.15) is 23.1 Å². The molecular weight excluding hydrogens is 325 g/mol. The molecule has 0 fully saturated rings. The topological polar surface area (TPSA) is 80.0 Å². The van der Waals surface area contributed by atoms with Crippen LogP contribution in [0.3, 0.4) is 0 Å². The Balaban J connectivity index is 2.28. The fourth-order valence-electron chi connectivity index (χ4n) is 1.79. The number of nitrogens with one attached hydrogen (secondary N) is 1. The van der Waals surface area contributed by atoms with E-state index in [4.69, 9.17) is 4.52 Å². The summed E-state index contributed by atoms with van der Waals surface area (Å²) in [5.74, 6) is 0.875. The lowest BCUT2D eigenvalue weighted by Crippen LogP contribution is -2.19. The molecule has 2 rings (SSSR count). The van der Waals surface area contributed by atoms with Crippen LogP contribution in [-0.4, -0.2) is 34.2 Å². The summed E-state index contributed by atoms with van der Waals surface area (Å²) in [5, 5.41) is 6.68. The lowest BCUT2D eigenvalue weighted by atomic mass is 10.2. The van der Waals surface area contributed by atoms with E-state index in [2.05, 4.69) is 25.4 Å². The molecule has 0 saturated carbocycles. The molecular formula is C14H19F3N6O. The van der Waals surface area contributed by atoms with Gasteiger partial charge in [0, 0.05) is 26.1 Å². The van der Waals surface area contributed by atoms with Crippen LogP contribution in [0.5, 0.6) is 0 Å². The summed E-state index contributed by atoms with van der Waals surface area (Å²) < 4.78 is 44.1. The molecule has 1 N–H and O–H groups in total. The van der Waals surface area contributed by atoms with Gasteiger partial charge < -0.3 is 14.7 Å². The Morgan fingerprint density at radius 2 is 1.79 bits per heavy atom. The van der Waals surface area contributed by atoms with Crippen molar-refractivity contribution in [3.05, 3.63) is 23.5 Å². The molecule has 0 spiro atoms. The van der Waals surface area contributed by atoms with Gasteiger partial charge >= 0.3 is 6.18 Å². The highest BCUT2D eigenvalue weighted by Gasteiger charge is 2.34. The molecule has 7 nitrogen and oxygen atoms in total. The average Bonchev–Trinajstić information content (AvgIpc) is 2.96. The maximum atomic E-state index is 13.0. The van der Waals surface area contributed by atoms with Crippen molar-refractivity contribution < 1.29 is 17.7 Å². The van der Waals surface area contributed by atoms with Gasteiger partial charge in [-0.15, -0.1) is 0 Å². The largest absolute Gasteiger partial charge is 0.433 e. The van der Waals surface area contributed by atoms with Crippen molar-refractivity contribution in [2.24, 2.45) is 0 Å². The van der Waals surface area contributed by atoms with E-state index in [0.717, 1.165) is 6.07 Å². The van der Waals surface area contributed by atoms with Crippen molar-refractivity contribution in [1.29, 1.82) is 0 Å². The van der Waals surface area contributed by atoms with E-state index < -0.39 is 17.9 Å². The third-order valence-corrected chi connectivity index (χ3v) is 3.11. The lowest BCUT2D eigenvalue weighted by Gasteiger charge is -2.17. The van der Waals surface area contributed by atoms with Crippen LogP contribution in [-0.2, 0) is 6.18 Å². The molecule has 1 atom stereocenters. The van der Waals surface area contributed by atoms with E-state index in [0.29, 0.717) is 5.82 Å². The highest BCUT2D eigenvalue weighted by molar-refractivity contribution is 5.44. The molecule has 0 bridgehead atoms. The Morgan fingerprint density at radius 1 is 1.12 bits per heavy atom. The molecule has 2 aromatic rings. The predicted octanol–water partition coefficient (Wildman–Crippen LogP) is 3.24. The maximum absolute atomic E-state index is 13.0. The molecule has 2 aromatic heterocycles. The van der Waals surface area contributed by atoms with Crippen LogP contribution in [0.4, 0.5) is 24.9 Å². The number of nitrogens with zero attached hydrogens (tertiary/aromatic N) is 5. The summed E-state index contributed by atoms with van der Waals surface area (Å²) in [6.45, 7) is 5.52. The summed E-state index contributed by atoms with van der Waals surface area (Å²) in [4.78, 5) is 13.2. The number of aromatic nitrogens is 4. The number of rotatable bonds is 5. The Labute approximate surface area is 137 Å². The Bertz CT molecular complexity index is 698. The minimum absolute atomic E-state index is 0.0258. The minimum atomic E-state index is -4.57. The first-order valence-corrected chi connectivity index (χ1v) is 7.31. The van der Waals surface area contributed by atoms with E-state index in [1.165, 1.54) is 4.90 Å². The zero-order valence-electron chi connectivity index (χ0n) is 14.0. The first-order valence-electron chi connectivity index (χ1n) is 7.31. The molecule has 0 radical (unpaired) electrons. The van der Waals surface area contributed by atoms with Crippen LogP contribution in [0, 0.1) is 0 Å². The number of hydrogen-bond acceptors (Lipinski definition) is 7. The van der Waals surface area contributed by atoms with E-state index in [1.807, 2.05) is 13.8 Å². The third kappa shape index (κ3) is 4.12. The Hall–Kier alpha value is -2.39. The second kappa shape index (κ2) is 6.62. The smallest absolute Gasteiger partial charge is 0.358 e. The monoisotopic (exact) mass is 344 g/mol.